The maximum atomic E-state index is 14.3. The van der Waals surface area contributed by atoms with Crippen molar-refractivity contribution in [2.24, 2.45) is 0 Å². The van der Waals surface area contributed by atoms with Gasteiger partial charge in [-0.3, -0.25) is 13.9 Å². The molecule has 238 valence electrons. The summed E-state index contributed by atoms with van der Waals surface area (Å²) in [7, 11) is -0.202. The Morgan fingerprint density at radius 1 is 0.909 bits per heavy atom. The van der Waals surface area contributed by atoms with E-state index in [-0.39, 0.29) is 45.6 Å². The van der Waals surface area contributed by atoms with Crippen LogP contribution in [-0.2, 0) is 26.2 Å². The van der Waals surface area contributed by atoms with Crippen LogP contribution >= 0.6 is 11.6 Å². The Balaban J connectivity index is 2.18. The fourth-order valence-corrected chi connectivity index (χ4v) is 6.38. The molecule has 0 saturated carbocycles. The molecule has 0 unspecified atom stereocenters. The van der Waals surface area contributed by atoms with Crippen molar-refractivity contribution in [1.29, 1.82) is 0 Å². The largest absolute Gasteiger partial charge is 0.495 e. The Labute approximate surface area is 264 Å². The number of carbonyl (C=O) groups excluding carboxylic acids is 2. The summed E-state index contributed by atoms with van der Waals surface area (Å²) in [6, 6.07) is 15.2. The van der Waals surface area contributed by atoms with Crippen LogP contribution in [0.5, 0.6) is 17.2 Å². The number of sulfonamides is 1. The van der Waals surface area contributed by atoms with Gasteiger partial charge in [-0.1, -0.05) is 48.4 Å². The first kappa shape index (κ1) is 34.5. The smallest absolute Gasteiger partial charge is 0.265 e. The van der Waals surface area contributed by atoms with Gasteiger partial charge in [-0.2, -0.15) is 0 Å². The zero-order chi connectivity index (χ0) is 32.6. The minimum absolute atomic E-state index is 0.0540. The van der Waals surface area contributed by atoms with Gasteiger partial charge in [0.05, 0.1) is 31.9 Å². The third-order valence-electron chi connectivity index (χ3n) is 6.88. The summed E-state index contributed by atoms with van der Waals surface area (Å²) in [6.07, 6.45) is 0.305. The van der Waals surface area contributed by atoms with E-state index in [0.29, 0.717) is 12.2 Å². The number of benzene rings is 3. The Hall–Kier alpha value is -3.96. The van der Waals surface area contributed by atoms with Crippen LogP contribution in [0.4, 0.5) is 5.69 Å². The summed E-state index contributed by atoms with van der Waals surface area (Å²) in [5, 5.41) is 3.12. The van der Waals surface area contributed by atoms with Gasteiger partial charge in [0.25, 0.3) is 10.0 Å². The molecule has 0 spiro atoms. The maximum Gasteiger partial charge on any atom is 0.265 e. The van der Waals surface area contributed by atoms with Crippen LogP contribution in [-0.4, -0.2) is 65.1 Å². The van der Waals surface area contributed by atoms with Crippen molar-refractivity contribution in [3.63, 3.8) is 0 Å². The first-order valence-electron chi connectivity index (χ1n) is 14.1. The van der Waals surface area contributed by atoms with Gasteiger partial charge < -0.3 is 24.4 Å². The van der Waals surface area contributed by atoms with Crippen molar-refractivity contribution in [3.8, 4) is 17.2 Å². The monoisotopic (exact) mass is 645 g/mol. The second kappa shape index (κ2) is 15.2. The minimum Gasteiger partial charge on any atom is -0.495 e. The van der Waals surface area contributed by atoms with Gasteiger partial charge in [0.2, 0.25) is 11.8 Å². The fourth-order valence-electron chi connectivity index (χ4n) is 4.78. The number of hydrogen-bond donors (Lipinski definition) is 1. The van der Waals surface area contributed by atoms with Gasteiger partial charge in [0.15, 0.2) is 11.5 Å². The van der Waals surface area contributed by atoms with E-state index >= 15 is 0 Å². The van der Waals surface area contributed by atoms with Crippen LogP contribution in [0.15, 0.2) is 65.6 Å². The number of hydrogen-bond acceptors (Lipinski definition) is 7. The molecular weight excluding hydrogens is 606 g/mol. The van der Waals surface area contributed by atoms with E-state index in [1.165, 1.54) is 56.6 Å². The van der Waals surface area contributed by atoms with Crippen LogP contribution in [0.2, 0.25) is 5.02 Å². The highest BCUT2D eigenvalue weighted by molar-refractivity contribution is 7.92. The van der Waals surface area contributed by atoms with Gasteiger partial charge in [-0.05, 0) is 63.1 Å². The topological polar surface area (TPSA) is 114 Å². The maximum absolute atomic E-state index is 14.3. The summed E-state index contributed by atoms with van der Waals surface area (Å²) < 4.78 is 45.7. The third-order valence-corrected chi connectivity index (χ3v) is 8.87. The molecule has 0 heterocycles. The first-order valence-corrected chi connectivity index (χ1v) is 15.9. The number of nitrogens with one attached hydrogen (secondary N) is 1. The van der Waals surface area contributed by atoms with E-state index in [1.54, 1.807) is 13.0 Å². The van der Waals surface area contributed by atoms with E-state index in [4.69, 9.17) is 25.8 Å². The van der Waals surface area contributed by atoms with E-state index in [2.05, 4.69) is 5.32 Å². The number of rotatable bonds is 14. The molecule has 2 amide bonds. The molecule has 0 radical (unpaired) electrons. The van der Waals surface area contributed by atoms with Gasteiger partial charge >= 0.3 is 0 Å². The molecular formula is C32H40ClN3O7S. The Morgan fingerprint density at radius 3 is 2.16 bits per heavy atom. The van der Waals surface area contributed by atoms with Gasteiger partial charge in [-0.25, -0.2) is 8.42 Å². The highest BCUT2D eigenvalue weighted by atomic mass is 35.5. The van der Waals surface area contributed by atoms with Crippen molar-refractivity contribution < 1.29 is 32.2 Å². The van der Waals surface area contributed by atoms with E-state index in [9.17, 15) is 18.0 Å². The van der Waals surface area contributed by atoms with Crippen LogP contribution in [0.3, 0.4) is 0 Å². The fraction of sp³-hybridized carbons (Fsp3) is 0.375. The molecule has 44 heavy (non-hydrogen) atoms. The van der Waals surface area contributed by atoms with Crippen LogP contribution in [0.25, 0.3) is 0 Å². The molecule has 1 atom stereocenters. The highest BCUT2D eigenvalue weighted by Crippen LogP contribution is 2.37. The van der Waals surface area contributed by atoms with E-state index in [1.807, 2.05) is 45.0 Å². The van der Waals surface area contributed by atoms with Gasteiger partial charge in [0, 0.05) is 23.7 Å². The standard InChI is InChI=1S/C32H40ClN3O7S/c1-8-26(32(38)34-21(2)3)35(19-23-11-9-10-22(4)16-23)31(37)20-36(27-17-24(33)12-14-28(27)41-5)44(39,40)25-13-15-29(42-6)30(18-25)43-7/h9-18,21,26H,8,19-20H2,1-7H3,(H,34,38)/t26-/m1/s1. The van der Waals surface area contributed by atoms with Crippen molar-refractivity contribution in [2.45, 2.75) is 57.6 Å². The zero-order valence-electron chi connectivity index (χ0n) is 26.1. The molecule has 0 aromatic heterocycles. The molecule has 3 rings (SSSR count). The second-order valence-electron chi connectivity index (χ2n) is 10.4. The molecule has 0 aliphatic rings. The highest BCUT2D eigenvalue weighted by Gasteiger charge is 2.35. The Bertz CT molecular complexity index is 1580. The lowest BCUT2D eigenvalue weighted by molar-refractivity contribution is -0.140. The lowest BCUT2D eigenvalue weighted by atomic mass is 10.1. The number of nitrogens with zero attached hydrogens (tertiary/aromatic N) is 2. The van der Waals surface area contributed by atoms with Crippen molar-refractivity contribution in [3.05, 3.63) is 76.8 Å². The van der Waals surface area contributed by atoms with Crippen molar-refractivity contribution in [1.82, 2.24) is 10.2 Å². The minimum atomic E-state index is -4.43. The molecule has 10 nitrogen and oxygen atoms in total. The number of amides is 2. The number of carbonyl (C=O) groups is 2. The third kappa shape index (κ3) is 8.15. The summed E-state index contributed by atoms with van der Waals surface area (Å²) in [6.45, 7) is 6.84. The lowest BCUT2D eigenvalue weighted by Gasteiger charge is -2.34. The summed E-state index contributed by atoms with van der Waals surface area (Å²) >= 11 is 6.32. The average molecular weight is 646 g/mol. The van der Waals surface area contributed by atoms with Crippen molar-refractivity contribution >= 4 is 39.1 Å². The lowest BCUT2D eigenvalue weighted by Crippen LogP contribution is -2.53. The molecule has 0 bridgehead atoms. The average Bonchev–Trinajstić information content (AvgIpc) is 2.98. The zero-order valence-corrected chi connectivity index (χ0v) is 27.7. The number of anilines is 1. The quantitative estimate of drug-likeness (QED) is 0.256. The van der Waals surface area contributed by atoms with Crippen LogP contribution in [0, 0.1) is 6.92 Å². The summed E-state index contributed by atoms with van der Waals surface area (Å²) in [5.74, 6) is -0.223. The summed E-state index contributed by atoms with van der Waals surface area (Å²) in [4.78, 5) is 28.9. The van der Waals surface area contributed by atoms with Crippen LogP contribution < -0.4 is 23.8 Å². The normalized spacial score (nSPS) is 11.9. The number of methoxy groups -OCH3 is 3. The van der Waals surface area contributed by atoms with Crippen molar-refractivity contribution in [2.75, 3.05) is 32.2 Å². The van der Waals surface area contributed by atoms with E-state index in [0.717, 1.165) is 15.4 Å². The predicted octanol–water partition coefficient (Wildman–Crippen LogP) is 5.20. The molecule has 0 saturated heterocycles. The first-order chi connectivity index (χ1) is 20.9. The second-order valence-corrected chi connectivity index (χ2v) is 12.7. The number of halogens is 1. The molecule has 0 aliphatic heterocycles. The Morgan fingerprint density at radius 2 is 1.57 bits per heavy atom. The molecule has 3 aromatic carbocycles. The number of aryl methyl sites for hydroxylation is 1. The summed E-state index contributed by atoms with van der Waals surface area (Å²) in [5.41, 5.74) is 1.83. The van der Waals surface area contributed by atoms with Gasteiger partial charge in [-0.15, -0.1) is 0 Å². The molecule has 12 heteroatoms. The predicted molar refractivity (Wildman–Crippen MR) is 171 cm³/mol. The van der Waals surface area contributed by atoms with Crippen LogP contribution in [0.1, 0.15) is 38.3 Å². The molecule has 1 N–H and O–H groups in total. The molecule has 0 fully saturated rings. The molecule has 3 aromatic rings. The SMILES string of the molecule is CC[C@H](C(=O)NC(C)C)N(Cc1cccc(C)c1)C(=O)CN(c1cc(Cl)ccc1OC)S(=O)(=O)c1ccc(OC)c(OC)c1. The molecule has 0 aliphatic carbocycles. The Kier molecular flexibility index (Phi) is 11.9. The van der Waals surface area contributed by atoms with Gasteiger partial charge in [0.1, 0.15) is 18.3 Å². The number of ether oxygens (including phenoxy) is 3. The van der Waals surface area contributed by atoms with E-state index < -0.39 is 28.5 Å².